The van der Waals surface area contributed by atoms with Crippen LogP contribution in [0.2, 0.25) is 0 Å². The quantitative estimate of drug-likeness (QED) is 0.409. The summed E-state index contributed by atoms with van der Waals surface area (Å²) in [6, 6.07) is 5.82. The van der Waals surface area contributed by atoms with Gasteiger partial charge in [-0.2, -0.15) is 22.3 Å². The van der Waals surface area contributed by atoms with E-state index in [9.17, 15) is 27.6 Å². The zero-order valence-electron chi connectivity index (χ0n) is 11.9. The Labute approximate surface area is 132 Å². The molecule has 0 aliphatic rings. The van der Waals surface area contributed by atoms with Gasteiger partial charge in [-0.05, 0) is 18.2 Å². The Morgan fingerprint density at radius 1 is 1.25 bits per heavy atom. The Bertz CT molecular complexity index is 962. The van der Waals surface area contributed by atoms with E-state index >= 15 is 0 Å². The van der Waals surface area contributed by atoms with E-state index in [1.54, 1.807) is 0 Å². The van der Waals surface area contributed by atoms with E-state index in [0.29, 0.717) is 4.57 Å². The average Bonchev–Trinajstić information content (AvgIpc) is 2.49. The lowest BCUT2D eigenvalue weighted by molar-refractivity contribution is -0.595. The molecular weight excluding hydrogens is 330 g/mol. The van der Waals surface area contributed by atoms with Crippen LogP contribution < -0.4 is 10.3 Å². The fourth-order valence-corrected chi connectivity index (χ4v) is 2.36. The van der Waals surface area contributed by atoms with E-state index in [1.165, 1.54) is 18.2 Å². The molecule has 5 nitrogen and oxygen atoms in total. The Morgan fingerprint density at radius 3 is 2.67 bits per heavy atom. The number of alkyl halides is 3. The number of pyridine rings is 3. The maximum absolute atomic E-state index is 13.8. The standard InChI is InChI=1S/C15H9F4N3O2/c16-10-2-1-5-22(24)14(10)11-6-9-3-4-13(23)21(8-15(17,18)19)12(9)7-20-11/h1-7H,8H2. The molecule has 3 rings (SSSR count). The van der Waals surface area contributed by atoms with Gasteiger partial charge in [0.25, 0.3) is 11.3 Å². The topological polar surface area (TPSA) is 61.8 Å². The number of hydrogen-bond acceptors (Lipinski definition) is 3. The highest BCUT2D eigenvalue weighted by molar-refractivity contribution is 5.81. The van der Waals surface area contributed by atoms with Crippen LogP contribution in [-0.4, -0.2) is 15.7 Å². The lowest BCUT2D eigenvalue weighted by Crippen LogP contribution is -2.30. The van der Waals surface area contributed by atoms with Gasteiger partial charge < -0.3 is 5.21 Å². The van der Waals surface area contributed by atoms with Gasteiger partial charge in [0.05, 0.1) is 11.7 Å². The molecule has 9 heteroatoms. The summed E-state index contributed by atoms with van der Waals surface area (Å²) < 4.78 is 52.5. The summed E-state index contributed by atoms with van der Waals surface area (Å²) in [7, 11) is 0. The second kappa shape index (κ2) is 5.59. The van der Waals surface area contributed by atoms with Crippen LogP contribution in [0.4, 0.5) is 17.6 Å². The molecular formula is C15H9F4N3O2. The average molecular weight is 339 g/mol. The largest absolute Gasteiger partial charge is 0.618 e. The Hall–Kier alpha value is -2.97. The molecule has 0 N–H and O–H groups in total. The summed E-state index contributed by atoms with van der Waals surface area (Å²) in [6.07, 6.45) is -2.49. The monoisotopic (exact) mass is 339 g/mol. The molecule has 0 saturated carbocycles. The van der Waals surface area contributed by atoms with Crippen molar-refractivity contribution in [2.75, 3.05) is 0 Å². The fraction of sp³-hybridized carbons (Fsp3) is 0.133. The molecule has 3 heterocycles. The molecule has 0 atom stereocenters. The van der Waals surface area contributed by atoms with Crippen molar-refractivity contribution in [2.45, 2.75) is 12.7 Å². The smallest absolute Gasteiger partial charge is 0.406 e. The predicted molar refractivity (Wildman–Crippen MR) is 76.4 cm³/mol. The fourth-order valence-electron chi connectivity index (χ4n) is 2.36. The van der Waals surface area contributed by atoms with Crippen molar-refractivity contribution >= 4 is 10.9 Å². The summed E-state index contributed by atoms with van der Waals surface area (Å²) >= 11 is 0. The van der Waals surface area contributed by atoms with Gasteiger partial charge in [-0.15, -0.1) is 0 Å². The molecule has 0 fully saturated rings. The van der Waals surface area contributed by atoms with Crippen LogP contribution in [0.1, 0.15) is 0 Å². The van der Waals surface area contributed by atoms with Crippen LogP contribution in [0, 0.1) is 11.0 Å². The molecule has 0 unspecified atom stereocenters. The molecule has 0 radical (unpaired) electrons. The van der Waals surface area contributed by atoms with Crippen molar-refractivity contribution in [1.82, 2.24) is 9.55 Å². The van der Waals surface area contributed by atoms with E-state index in [1.807, 2.05) is 0 Å². The second-order valence-corrected chi connectivity index (χ2v) is 5.03. The molecule has 0 aliphatic carbocycles. The zero-order valence-corrected chi connectivity index (χ0v) is 11.9. The molecule has 0 spiro atoms. The van der Waals surface area contributed by atoms with Crippen LogP contribution in [0.25, 0.3) is 22.3 Å². The van der Waals surface area contributed by atoms with Crippen LogP contribution >= 0.6 is 0 Å². The van der Waals surface area contributed by atoms with Crippen LogP contribution in [0.15, 0.2) is 47.5 Å². The third-order valence-electron chi connectivity index (χ3n) is 3.37. The van der Waals surface area contributed by atoms with E-state index in [0.717, 1.165) is 24.5 Å². The molecule has 0 saturated heterocycles. The summed E-state index contributed by atoms with van der Waals surface area (Å²) in [5, 5.41) is 11.9. The lowest BCUT2D eigenvalue weighted by Gasteiger charge is -2.12. The van der Waals surface area contributed by atoms with Gasteiger partial charge >= 0.3 is 6.18 Å². The zero-order chi connectivity index (χ0) is 17.5. The highest BCUT2D eigenvalue weighted by atomic mass is 19.4. The van der Waals surface area contributed by atoms with Crippen LogP contribution in [0.3, 0.4) is 0 Å². The SMILES string of the molecule is O=c1ccc2cc(-c3c(F)ccc[n+]3[O-])ncc2n1CC(F)(F)F. The summed E-state index contributed by atoms with van der Waals surface area (Å²) in [6.45, 7) is -1.47. The molecule has 0 bridgehead atoms. The van der Waals surface area contributed by atoms with Gasteiger partial charge in [-0.25, -0.2) is 4.98 Å². The third kappa shape index (κ3) is 2.92. The van der Waals surface area contributed by atoms with Gasteiger partial charge in [0.1, 0.15) is 12.2 Å². The van der Waals surface area contributed by atoms with Gasteiger partial charge in [0.15, 0.2) is 12.0 Å². The molecule has 3 aromatic rings. The summed E-state index contributed by atoms with van der Waals surface area (Å²) in [5.41, 5.74) is -1.29. The molecule has 0 aromatic carbocycles. The first kappa shape index (κ1) is 15.9. The van der Waals surface area contributed by atoms with Gasteiger partial charge in [-0.3, -0.25) is 9.36 Å². The molecule has 0 aliphatic heterocycles. The van der Waals surface area contributed by atoms with Crippen molar-refractivity contribution in [3.05, 3.63) is 64.1 Å². The minimum absolute atomic E-state index is 0.0483. The molecule has 24 heavy (non-hydrogen) atoms. The minimum Gasteiger partial charge on any atom is -0.618 e. The first-order valence-corrected chi connectivity index (χ1v) is 6.71. The number of hydrogen-bond donors (Lipinski definition) is 0. The van der Waals surface area contributed by atoms with Crippen molar-refractivity contribution in [2.24, 2.45) is 0 Å². The predicted octanol–water partition coefficient (Wildman–Crippen LogP) is 2.40. The van der Waals surface area contributed by atoms with E-state index in [-0.39, 0.29) is 27.0 Å². The molecule has 0 amide bonds. The number of halogens is 4. The summed E-state index contributed by atoms with van der Waals surface area (Å²) in [4.78, 5) is 15.5. The number of rotatable bonds is 2. The molecule has 3 aromatic heterocycles. The molecule has 124 valence electrons. The number of fused-ring (bicyclic) bond motifs is 1. The van der Waals surface area contributed by atoms with Gasteiger partial charge in [-0.1, -0.05) is 0 Å². The Balaban J connectivity index is 2.21. The van der Waals surface area contributed by atoms with Crippen molar-refractivity contribution in [3.8, 4) is 11.4 Å². The second-order valence-electron chi connectivity index (χ2n) is 5.03. The number of nitrogens with zero attached hydrogens (tertiary/aromatic N) is 3. The van der Waals surface area contributed by atoms with Crippen molar-refractivity contribution in [3.63, 3.8) is 0 Å². The Morgan fingerprint density at radius 2 is 2.00 bits per heavy atom. The van der Waals surface area contributed by atoms with Crippen LogP contribution in [-0.2, 0) is 6.54 Å². The lowest BCUT2D eigenvalue weighted by atomic mass is 10.1. The van der Waals surface area contributed by atoms with Gasteiger partial charge in [0, 0.05) is 17.5 Å². The van der Waals surface area contributed by atoms with E-state index in [2.05, 4.69) is 4.98 Å². The van der Waals surface area contributed by atoms with Crippen molar-refractivity contribution < 1.29 is 22.3 Å². The maximum atomic E-state index is 13.8. The summed E-state index contributed by atoms with van der Waals surface area (Å²) in [5.74, 6) is -0.817. The maximum Gasteiger partial charge on any atom is 0.406 e. The van der Waals surface area contributed by atoms with Crippen molar-refractivity contribution in [1.29, 1.82) is 0 Å². The highest BCUT2D eigenvalue weighted by Gasteiger charge is 2.29. The minimum atomic E-state index is -4.58. The first-order valence-electron chi connectivity index (χ1n) is 6.71. The van der Waals surface area contributed by atoms with Crippen LogP contribution in [0.5, 0.6) is 0 Å². The van der Waals surface area contributed by atoms with E-state index < -0.39 is 24.1 Å². The third-order valence-corrected chi connectivity index (χ3v) is 3.37. The first-order chi connectivity index (χ1) is 11.3. The Kier molecular flexibility index (Phi) is 3.70. The number of aromatic nitrogens is 3. The van der Waals surface area contributed by atoms with E-state index in [4.69, 9.17) is 0 Å². The normalized spacial score (nSPS) is 11.8. The van der Waals surface area contributed by atoms with Gasteiger partial charge in [0.2, 0.25) is 0 Å². The highest BCUT2D eigenvalue weighted by Crippen LogP contribution is 2.23.